The predicted octanol–water partition coefficient (Wildman–Crippen LogP) is 3.36. The molecule has 1 atom stereocenters. The first-order valence-electron chi connectivity index (χ1n) is 5.49. The van der Waals surface area contributed by atoms with E-state index in [2.05, 4.69) is 0 Å². The zero-order valence-electron chi connectivity index (χ0n) is 9.56. The van der Waals surface area contributed by atoms with Gasteiger partial charge in [-0.15, -0.1) is 0 Å². The van der Waals surface area contributed by atoms with Gasteiger partial charge in [0.05, 0.1) is 0 Å². The molecule has 1 nitrogen and oxygen atoms in total. The molecule has 0 aliphatic carbocycles. The lowest BCUT2D eigenvalue weighted by Gasteiger charge is -2.42. The van der Waals surface area contributed by atoms with E-state index in [0.717, 1.165) is 6.42 Å². The molecular weight excluding hydrogens is 184 g/mol. The van der Waals surface area contributed by atoms with Crippen LogP contribution in [0.3, 0.4) is 0 Å². The first kappa shape index (κ1) is 11.9. The van der Waals surface area contributed by atoms with Gasteiger partial charge in [-0.3, -0.25) is 0 Å². The first-order chi connectivity index (χ1) is 6.34. The molecular formula is C11H21F2N. The molecule has 1 saturated heterocycles. The lowest BCUT2D eigenvalue weighted by molar-refractivity contribution is -0.196. The van der Waals surface area contributed by atoms with Crippen LogP contribution in [0.5, 0.6) is 0 Å². The third kappa shape index (κ3) is 2.44. The Balaban J connectivity index is 2.65. The maximum atomic E-state index is 13.7. The molecule has 0 aromatic rings. The fraction of sp³-hybridized carbons (Fsp3) is 1.00. The summed E-state index contributed by atoms with van der Waals surface area (Å²) >= 11 is 0. The largest absolute Gasteiger partial charge is 0.305 e. The fourth-order valence-corrected chi connectivity index (χ4v) is 2.21. The standard InChI is InChI=1S/C11H21F2N/c1-8(2)10-5-6-14(9(3)4)11(12,13)7-10/h8-10H,5-7H2,1-4H3/t10-/m1/s1. The summed E-state index contributed by atoms with van der Waals surface area (Å²) < 4.78 is 27.3. The molecule has 0 bridgehead atoms. The van der Waals surface area contributed by atoms with Crippen molar-refractivity contribution in [3.05, 3.63) is 0 Å². The van der Waals surface area contributed by atoms with Crippen molar-refractivity contribution in [3.63, 3.8) is 0 Å². The summed E-state index contributed by atoms with van der Waals surface area (Å²) in [7, 11) is 0. The van der Waals surface area contributed by atoms with Crippen LogP contribution in [-0.4, -0.2) is 23.5 Å². The average Bonchev–Trinajstić information content (AvgIpc) is 2.01. The molecule has 1 aliphatic heterocycles. The van der Waals surface area contributed by atoms with Crippen LogP contribution >= 0.6 is 0 Å². The number of likely N-dealkylation sites (tertiary alicyclic amines) is 1. The number of hydrogen-bond acceptors (Lipinski definition) is 1. The van der Waals surface area contributed by atoms with Crippen LogP contribution in [-0.2, 0) is 0 Å². The molecule has 1 rings (SSSR count). The molecule has 0 spiro atoms. The molecule has 1 aliphatic rings. The van der Waals surface area contributed by atoms with Gasteiger partial charge < -0.3 is 0 Å². The number of piperidine rings is 1. The Morgan fingerprint density at radius 3 is 2.14 bits per heavy atom. The smallest absolute Gasteiger partial charge is 0.242 e. The predicted molar refractivity (Wildman–Crippen MR) is 54.4 cm³/mol. The maximum Gasteiger partial charge on any atom is 0.305 e. The van der Waals surface area contributed by atoms with E-state index in [1.54, 1.807) is 0 Å². The Hall–Kier alpha value is -0.180. The molecule has 84 valence electrons. The second-order valence-corrected chi connectivity index (χ2v) is 4.95. The van der Waals surface area contributed by atoms with Gasteiger partial charge in [-0.1, -0.05) is 13.8 Å². The van der Waals surface area contributed by atoms with Crippen LogP contribution in [0.2, 0.25) is 0 Å². The van der Waals surface area contributed by atoms with Crippen LogP contribution in [0.25, 0.3) is 0 Å². The first-order valence-corrected chi connectivity index (χ1v) is 5.49. The zero-order chi connectivity index (χ0) is 10.9. The molecule has 1 fully saturated rings. The molecule has 0 aromatic heterocycles. The second kappa shape index (κ2) is 4.13. The molecule has 0 aromatic carbocycles. The van der Waals surface area contributed by atoms with Crippen LogP contribution in [0.15, 0.2) is 0 Å². The van der Waals surface area contributed by atoms with Gasteiger partial charge in [-0.2, -0.15) is 8.78 Å². The van der Waals surface area contributed by atoms with Gasteiger partial charge in [0, 0.05) is 19.0 Å². The highest BCUT2D eigenvalue weighted by atomic mass is 19.3. The Morgan fingerprint density at radius 2 is 1.79 bits per heavy atom. The summed E-state index contributed by atoms with van der Waals surface area (Å²) in [6.45, 7) is 8.28. The second-order valence-electron chi connectivity index (χ2n) is 4.95. The van der Waals surface area contributed by atoms with Crippen LogP contribution in [0.4, 0.5) is 8.78 Å². The Kier molecular flexibility index (Phi) is 3.51. The minimum Gasteiger partial charge on any atom is -0.242 e. The van der Waals surface area contributed by atoms with E-state index in [-0.39, 0.29) is 18.4 Å². The Morgan fingerprint density at radius 1 is 1.21 bits per heavy atom. The third-order valence-corrected chi connectivity index (χ3v) is 3.23. The molecule has 14 heavy (non-hydrogen) atoms. The fourth-order valence-electron chi connectivity index (χ4n) is 2.21. The minimum absolute atomic E-state index is 0.0306. The molecule has 1 heterocycles. The van der Waals surface area contributed by atoms with Gasteiger partial charge in [0.2, 0.25) is 0 Å². The summed E-state index contributed by atoms with van der Waals surface area (Å²) in [5.74, 6) is 0.551. The summed E-state index contributed by atoms with van der Waals surface area (Å²) in [6, 6.07) is -2.65. The van der Waals surface area contributed by atoms with E-state index >= 15 is 0 Å². The summed E-state index contributed by atoms with van der Waals surface area (Å²) in [6.07, 6.45) is 0.939. The summed E-state index contributed by atoms with van der Waals surface area (Å²) in [5.41, 5.74) is 0. The van der Waals surface area contributed by atoms with E-state index < -0.39 is 6.05 Å². The monoisotopic (exact) mass is 205 g/mol. The van der Waals surface area contributed by atoms with E-state index in [9.17, 15) is 8.78 Å². The summed E-state index contributed by atoms with van der Waals surface area (Å²) in [5, 5.41) is 0. The van der Waals surface area contributed by atoms with Gasteiger partial charge >= 0.3 is 6.05 Å². The van der Waals surface area contributed by atoms with E-state index in [4.69, 9.17) is 0 Å². The van der Waals surface area contributed by atoms with Gasteiger partial charge in [0.1, 0.15) is 0 Å². The molecule has 0 unspecified atom stereocenters. The van der Waals surface area contributed by atoms with Crippen molar-refractivity contribution < 1.29 is 8.78 Å². The van der Waals surface area contributed by atoms with Crippen molar-refractivity contribution in [3.8, 4) is 0 Å². The molecule has 0 saturated carbocycles. The molecule has 3 heteroatoms. The normalized spacial score (nSPS) is 28.7. The molecule has 0 radical (unpaired) electrons. The summed E-state index contributed by atoms with van der Waals surface area (Å²) in [4.78, 5) is 1.33. The lowest BCUT2D eigenvalue weighted by atomic mass is 9.85. The van der Waals surface area contributed by atoms with Gasteiger partial charge in [-0.25, -0.2) is 4.90 Å². The minimum atomic E-state index is -2.60. The Bertz CT molecular complexity index is 190. The van der Waals surface area contributed by atoms with Crippen molar-refractivity contribution in [2.24, 2.45) is 11.8 Å². The highest BCUT2D eigenvalue weighted by Gasteiger charge is 2.44. The third-order valence-electron chi connectivity index (χ3n) is 3.23. The number of alkyl halides is 2. The van der Waals surface area contributed by atoms with Gasteiger partial charge in [0.15, 0.2) is 0 Å². The number of halogens is 2. The highest BCUT2D eigenvalue weighted by molar-refractivity contribution is 4.84. The average molecular weight is 205 g/mol. The maximum absolute atomic E-state index is 13.7. The number of hydrogen-bond donors (Lipinski definition) is 0. The quantitative estimate of drug-likeness (QED) is 0.625. The van der Waals surface area contributed by atoms with E-state index in [1.807, 2.05) is 27.7 Å². The molecule has 0 amide bonds. The SMILES string of the molecule is CC(C)[C@@H]1CCN(C(C)C)C(F)(F)C1. The van der Waals surface area contributed by atoms with Crippen molar-refractivity contribution in [1.82, 2.24) is 4.90 Å². The van der Waals surface area contributed by atoms with E-state index in [0.29, 0.717) is 12.5 Å². The van der Waals surface area contributed by atoms with E-state index in [1.165, 1.54) is 4.90 Å². The van der Waals surface area contributed by atoms with Crippen molar-refractivity contribution in [2.45, 2.75) is 52.6 Å². The van der Waals surface area contributed by atoms with Crippen molar-refractivity contribution in [2.75, 3.05) is 6.54 Å². The highest BCUT2D eigenvalue weighted by Crippen LogP contribution is 2.38. The van der Waals surface area contributed by atoms with Gasteiger partial charge in [0.25, 0.3) is 0 Å². The van der Waals surface area contributed by atoms with Crippen molar-refractivity contribution in [1.29, 1.82) is 0 Å². The number of rotatable bonds is 2. The van der Waals surface area contributed by atoms with Crippen LogP contribution < -0.4 is 0 Å². The lowest BCUT2D eigenvalue weighted by Crippen LogP contribution is -2.51. The van der Waals surface area contributed by atoms with Gasteiger partial charge in [-0.05, 0) is 32.1 Å². The van der Waals surface area contributed by atoms with Crippen LogP contribution in [0, 0.1) is 11.8 Å². The van der Waals surface area contributed by atoms with Crippen LogP contribution in [0.1, 0.15) is 40.5 Å². The van der Waals surface area contributed by atoms with Crippen molar-refractivity contribution >= 4 is 0 Å². The topological polar surface area (TPSA) is 3.24 Å². The molecule has 0 N–H and O–H groups in total. The Labute approximate surface area is 85.5 Å². The zero-order valence-corrected chi connectivity index (χ0v) is 9.56. The number of nitrogens with zero attached hydrogens (tertiary/aromatic N) is 1.